The first kappa shape index (κ1) is 11.8. The quantitative estimate of drug-likeness (QED) is 0.463. The average Bonchev–Trinajstić information content (AvgIpc) is 2.36. The third-order valence-electron chi connectivity index (χ3n) is 2.63. The van der Waals surface area contributed by atoms with Gasteiger partial charge < -0.3 is 15.1 Å². The van der Waals surface area contributed by atoms with E-state index in [1.54, 1.807) is 24.3 Å². The summed E-state index contributed by atoms with van der Waals surface area (Å²) >= 11 is 0. The van der Waals surface area contributed by atoms with Gasteiger partial charge in [0.2, 0.25) is 0 Å². The minimum Gasteiger partial charge on any atom is -0.425 e. The van der Waals surface area contributed by atoms with Crippen molar-refractivity contribution in [1.82, 2.24) is 0 Å². The van der Waals surface area contributed by atoms with E-state index in [1.807, 2.05) is 0 Å². The first-order valence-corrected chi connectivity index (χ1v) is 5.03. The Balaban J connectivity index is 2.80. The van der Waals surface area contributed by atoms with Gasteiger partial charge >= 0.3 is 14.2 Å². The number of hydrogen-bond donors (Lipinski definition) is 3. The first-order chi connectivity index (χ1) is 8.15. The van der Waals surface area contributed by atoms with E-state index in [0.717, 1.165) is 0 Å². The fourth-order valence-corrected chi connectivity index (χ4v) is 1.89. The van der Waals surface area contributed by atoms with Gasteiger partial charge in [0.1, 0.15) is 0 Å². The summed E-state index contributed by atoms with van der Waals surface area (Å²) in [4.78, 5) is 10.4. The zero-order chi connectivity index (χ0) is 12.4. The molecule has 0 saturated carbocycles. The van der Waals surface area contributed by atoms with Gasteiger partial charge in [-0.15, -0.1) is 0 Å². The molecule has 0 heterocycles. The summed E-state index contributed by atoms with van der Waals surface area (Å²) in [6.07, 6.45) is 0. The molecule has 0 atom stereocenters. The minimum absolute atomic E-state index is 0.237. The third-order valence-corrected chi connectivity index (χ3v) is 2.63. The molecule has 0 unspecified atom stereocenters. The summed E-state index contributed by atoms with van der Waals surface area (Å²) in [5, 5.41) is 31.7. The van der Waals surface area contributed by atoms with Crippen LogP contribution in [0.15, 0.2) is 41.5 Å². The molecule has 84 valence electrons. The van der Waals surface area contributed by atoms with Crippen molar-refractivity contribution >= 4 is 35.9 Å². The second-order valence-electron chi connectivity index (χ2n) is 3.65. The lowest BCUT2D eigenvalue weighted by molar-refractivity contribution is 0.426. The summed E-state index contributed by atoms with van der Waals surface area (Å²) in [5.74, 6) is 0. The van der Waals surface area contributed by atoms with Crippen LogP contribution < -0.4 is 10.9 Å². The zero-order valence-electron chi connectivity index (χ0n) is 8.82. The molecule has 0 radical (unpaired) electrons. The Hall–Kier alpha value is -1.69. The molecule has 0 fully saturated rings. The van der Waals surface area contributed by atoms with Gasteiger partial charge in [-0.1, -0.05) is 41.5 Å². The normalized spacial score (nSPS) is 10.3. The van der Waals surface area contributed by atoms with E-state index in [4.69, 9.17) is 0 Å². The van der Waals surface area contributed by atoms with E-state index < -0.39 is 14.2 Å². The van der Waals surface area contributed by atoms with Gasteiger partial charge in [0.05, 0.1) is 0 Å². The predicted molar refractivity (Wildman–Crippen MR) is 67.2 cm³/mol. The summed E-state index contributed by atoms with van der Waals surface area (Å²) in [7, 11) is -3.18. The molecule has 5 nitrogen and oxygen atoms in total. The van der Waals surface area contributed by atoms with Gasteiger partial charge in [-0.3, -0.25) is 0 Å². The van der Waals surface area contributed by atoms with Crippen molar-refractivity contribution in [2.75, 3.05) is 0 Å². The summed E-state index contributed by atoms with van der Waals surface area (Å²) in [6, 6.07) is 9.89. The van der Waals surface area contributed by atoms with E-state index in [-0.39, 0.29) is 10.9 Å². The lowest BCUT2D eigenvalue weighted by Crippen LogP contribution is -2.37. The monoisotopic (exact) mass is 229 g/mol. The Bertz CT molecular complexity index is 556. The van der Waals surface area contributed by atoms with Gasteiger partial charge in [0.25, 0.3) is 0 Å². The minimum atomic E-state index is -1.67. The number of benzene rings is 2. The van der Waals surface area contributed by atoms with E-state index in [1.165, 1.54) is 12.1 Å². The van der Waals surface area contributed by atoms with E-state index in [2.05, 4.69) is 5.09 Å². The molecular weight excluding hydrogens is 220 g/mol. The molecule has 0 amide bonds. The molecule has 0 spiro atoms. The number of nitroso groups, excluding NO2 is 1. The van der Waals surface area contributed by atoms with Crippen LogP contribution in [0.1, 0.15) is 0 Å². The topological polar surface area (TPSA) is 90.1 Å². The van der Waals surface area contributed by atoms with E-state index >= 15 is 0 Å². The zero-order valence-corrected chi connectivity index (χ0v) is 8.82. The Labute approximate surface area is 98.0 Å². The van der Waals surface area contributed by atoms with Crippen LogP contribution in [0.4, 0.5) is 0 Å². The standard InChI is InChI=1S/C10H9B2NO4/c14-11(13-17)8-5-1-3-7-4-2-6-9(10(7)8)12(15)16/h1-6,14-16H. The van der Waals surface area contributed by atoms with Crippen molar-refractivity contribution in [2.45, 2.75) is 0 Å². The van der Waals surface area contributed by atoms with Crippen molar-refractivity contribution in [3.8, 4) is 0 Å². The fourth-order valence-electron chi connectivity index (χ4n) is 1.89. The van der Waals surface area contributed by atoms with E-state index in [0.29, 0.717) is 10.8 Å². The highest BCUT2D eigenvalue weighted by atomic mass is 16.4. The van der Waals surface area contributed by atoms with Crippen molar-refractivity contribution in [1.29, 1.82) is 0 Å². The highest BCUT2D eigenvalue weighted by molar-refractivity contribution is 6.71. The SMILES string of the molecule is O=NB(O)c1cccc2cccc(B(O)O)c12. The number of rotatable bonds is 3. The molecule has 2 rings (SSSR count). The molecule has 2 aromatic rings. The first-order valence-electron chi connectivity index (χ1n) is 5.03. The van der Waals surface area contributed by atoms with Gasteiger partial charge in [-0.25, -0.2) is 0 Å². The van der Waals surface area contributed by atoms with Crippen LogP contribution in [0.2, 0.25) is 0 Å². The van der Waals surface area contributed by atoms with Crippen LogP contribution in [-0.2, 0) is 0 Å². The Morgan fingerprint density at radius 3 is 2.06 bits per heavy atom. The second kappa shape index (κ2) is 4.67. The summed E-state index contributed by atoms with van der Waals surface area (Å²) in [5.41, 5.74) is 0.502. The molecule has 7 heteroatoms. The maximum absolute atomic E-state index is 10.4. The van der Waals surface area contributed by atoms with Crippen molar-refractivity contribution in [2.24, 2.45) is 5.09 Å². The Kier molecular flexibility index (Phi) is 3.23. The van der Waals surface area contributed by atoms with Crippen LogP contribution >= 0.6 is 0 Å². The van der Waals surface area contributed by atoms with Crippen LogP contribution in [0.5, 0.6) is 0 Å². The van der Waals surface area contributed by atoms with Crippen molar-refractivity contribution in [3.05, 3.63) is 41.3 Å². The van der Waals surface area contributed by atoms with Crippen molar-refractivity contribution < 1.29 is 15.1 Å². The summed E-state index contributed by atoms with van der Waals surface area (Å²) in [6.45, 7) is 0. The van der Waals surface area contributed by atoms with Crippen LogP contribution in [0.25, 0.3) is 10.8 Å². The van der Waals surface area contributed by atoms with Crippen LogP contribution in [-0.4, -0.2) is 29.2 Å². The molecule has 0 aliphatic heterocycles. The molecule has 2 aromatic carbocycles. The largest absolute Gasteiger partial charge is 0.518 e. The molecular formula is C10H9B2NO4. The fraction of sp³-hybridized carbons (Fsp3) is 0. The highest BCUT2D eigenvalue weighted by Gasteiger charge is 2.23. The molecule has 17 heavy (non-hydrogen) atoms. The van der Waals surface area contributed by atoms with Gasteiger partial charge in [-0.05, 0) is 21.7 Å². The van der Waals surface area contributed by atoms with Gasteiger partial charge in [0, 0.05) is 0 Å². The predicted octanol–water partition coefficient (Wildman–Crippen LogP) is -1.03. The van der Waals surface area contributed by atoms with E-state index in [9.17, 15) is 20.0 Å². The number of fused-ring (bicyclic) bond motifs is 1. The molecule has 0 bridgehead atoms. The molecule has 3 N–H and O–H groups in total. The molecule has 0 aliphatic carbocycles. The molecule has 0 aliphatic rings. The van der Waals surface area contributed by atoms with Crippen LogP contribution in [0.3, 0.4) is 0 Å². The van der Waals surface area contributed by atoms with Gasteiger partial charge in [-0.2, -0.15) is 4.91 Å². The number of nitrogens with zero attached hydrogens (tertiary/aromatic N) is 1. The lowest BCUT2D eigenvalue weighted by Gasteiger charge is -2.10. The maximum atomic E-state index is 10.4. The maximum Gasteiger partial charge on any atom is 0.518 e. The van der Waals surface area contributed by atoms with Gasteiger partial charge in [0.15, 0.2) is 0 Å². The number of hydrogen-bond acceptors (Lipinski definition) is 5. The molecule has 0 saturated heterocycles. The summed E-state index contributed by atoms with van der Waals surface area (Å²) < 4.78 is 0. The average molecular weight is 229 g/mol. The lowest BCUT2D eigenvalue weighted by atomic mass is 9.67. The van der Waals surface area contributed by atoms with Crippen molar-refractivity contribution in [3.63, 3.8) is 0 Å². The smallest absolute Gasteiger partial charge is 0.425 e. The van der Waals surface area contributed by atoms with Crippen LogP contribution in [0, 0.1) is 4.91 Å². The Morgan fingerprint density at radius 1 is 0.941 bits per heavy atom. The molecule has 0 aromatic heterocycles. The highest BCUT2D eigenvalue weighted by Crippen LogP contribution is 2.10. The Morgan fingerprint density at radius 2 is 1.53 bits per heavy atom. The second-order valence-corrected chi connectivity index (χ2v) is 3.65. The third kappa shape index (κ3) is 2.08.